The third-order valence-corrected chi connectivity index (χ3v) is 3.15. The highest BCUT2D eigenvalue weighted by Gasteiger charge is 2.12. The van der Waals surface area contributed by atoms with Crippen molar-refractivity contribution >= 4 is 16.5 Å². The smallest absolute Gasteiger partial charge is 0.0213 e. The summed E-state index contributed by atoms with van der Waals surface area (Å²) in [6.45, 7) is 4.79. The van der Waals surface area contributed by atoms with Gasteiger partial charge in [0, 0.05) is 26.2 Å². The van der Waals surface area contributed by atoms with Crippen molar-refractivity contribution in [3.8, 4) is 0 Å². The first-order valence-corrected chi connectivity index (χ1v) is 5.35. The van der Waals surface area contributed by atoms with Crippen molar-refractivity contribution in [3.05, 3.63) is 0 Å². The van der Waals surface area contributed by atoms with Crippen molar-refractivity contribution < 1.29 is 0 Å². The molecule has 0 aromatic heterocycles. The molecule has 1 aliphatic rings. The van der Waals surface area contributed by atoms with E-state index in [-0.39, 0.29) is 10.7 Å². The molecule has 3 heteroatoms. The quantitative estimate of drug-likeness (QED) is 0.515. The Hall–Kier alpha value is 0.140. The van der Waals surface area contributed by atoms with Gasteiger partial charge >= 0.3 is 0 Å². The van der Waals surface area contributed by atoms with E-state index in [4.69, 9.17) is 0 Å². The first kappa shape index (κ1) is 8.24. The van der Waals surface area contributed by atoms with E-state index in [1.807, 2.05) is 0 Å². The highest BCUT2D eigenvalue weighted by atomic mass is 32.2. The van der Waals surface area contributed by atoms with Crippen molar-refractivity contribution in [2.45, 2.75) is 0 Å². The maximum absolute atomic E-state index is 4.02. The molecular weight excluding hydrogens is 144 g/mol. The standard InChI is InChI=1S/C7H16N2S/c1-8-4-6-9(7-5-8)10(2)3/h2,4-7H2,1,3H3. The Morgan fingerprint density at radius 1 is 1.20 bits per heavy atom. The molecule has 60 valence electrons. The molecule has 1 saturated heterocycles. The second kappa shape index (κ2) is 3.51. The van der Waals surface area contributed by atoms with Gasteiger partial charge < -0.3 is 4.90 Å². The zero-order valence-electron chi connectivity index (χ0n) is 6.84. The lowest BCUT2D eigenvalue weighted by atomic mass is 10.4. The van der Waals surface area contributed by atoms with Gasteiger partial charge in [0.15, 0.2) is 0 Å². The molecule has 0 aliphatic carbocycles. The van der Waals surface area contributed by atoms with Crippen LogP contribution in [-0.4, -0.2) is 54.6 Å². The number of piperazine rings is 1. The number of nitrogens with zero attached hydrogens (tertiary/aromatic N) is 2. The molecule has 1 heterocycles. The predicted molar refractivity (Wildman–Crippen MR) is 49.7 cm³/mol. The van der Waals surface area contributed by atoms with Crippen LogP contribution in [0.3, 0.4) is 0 Å². The normalized spacial score (nSPS) is 26.6. The van der Waals surface area contributed by atoms with Gasteiger partial charge in [-0.25, -0.2) is 0 Å². The summed E-state index contributed by atoms with van der Waals surface area (Å²) in [7, 11) is 2.41. The zero-order valence-corrected chi connectivity index (χ0v) is 7.65. The summed E-state index contributed by atoms with van der Waals surface area (Å²) < 4.78 is 2.44. The first-order chi connectivity index (χ1) is 4.70. The number of likely N-dealkylation sites (N-methyl/N-ethyl adjacent to an activating group) is 1. The predicted octanol–water partition coefficient (Wildman–Crippen LogP) is 0.480. The summed E-state index contributed by atoms with van der Waals surface area (Å²) in [5.41, 5.74) is 0. The van der Waals surface area contributed by atoms with Crippen molar-refractivity contribution in [2.24, 2.45) is 0 Å². The van der Waals surface area contributed by atoms with Gasteiger partial charge in [-0.1, -0.05) is 5.87 Å². The van der Waals surface area contributed by atoms with Gasteiger partial charge in [-0.2, -0.15) is 0 Å². The minimum absolute atomic E-state index is 0.240. The molecule has 0 aromatic carbocycles. The van der Waals surface area contributed by atoms with Gasteiger partial charge in [-0.15, -0.1) is 10.7 Å². The van der Waals surface area contributed by atoms with E-state index < -0.39 is 0 Å². The molecule has 0 aromatic rings. The molecule has 1 atom stereocenters. The van der Waals surface area contributed by atoms with Gasteiger partial charge in [0.05, 0.1) is 0 Å². The summed E-state index contributed by atoms with van der Waals surface area (Å²) in [4.78, 5) is 2.36. The van der Waals surface area contributed by atoms with Crippen molar-refractivity contribution in [1.82, 2.24) is 9.21 Å². The summed E-state index contributed by atoms with van der Waals surface area (Å²) >= 11 is 0. The number of hydrogen-bond donors (Lipinski definition) is 0. The molecule has 0 saturated carbocycles. The van der Waals surface area contributed by atoms with Gasteiger partial charge in [-0.3, -0.25) is 4.31 Å². The van der Waals surface area contributed by atoms with Crippen LogP contribution in [0.15, 0.2) is 0 Å². The maximum Gasteiger partial charge on any atom is 0.0213 e. The first-order valence-electron chi connectivity index (χ1n) is 3.59. The monoisotopic (exact) mass is 160 g/mol. The van der Waals surface area contributed by atoms with E-state index in [2.05, 4.69) is 28.4 Å². The highest BCUT2D eigenvalue weighted by molar-refractivity contribution is 8.11. The molecule has 10 heavy (non-hydrogen) atoms. The third kappa shape index (κ3) is 2.08. The van der Waals surface area contributed by atoms with Crippen LogP contribution in [0, 0.1) is 0 Å². The van der Waals surface area contributed by atoms with Gasteiger partial charge in [0.25, 0.3) is 0 Å². The van der Waals surface area contributed by atoms with Crippen LogP contribution < -0.4 is 0 Å². The molecule has 0 bridgehead atoms. The fourth-order valence-electron chi connectivity index (χ4n) is 1.10. The van der Waals surface area contributed by atoms with E-state index in [9.17, 15) is 0 Å². The Morgan fingerprint density at radius 2 is 1.70 bits per heavy atom. The van der Waals surface area contributed by atoms with E-state index in [0.29, 0.717) is 0 Å². The van der Waals surface area contributed by atoms with Crippen molar-refractivity contribution in [2.75, 3.05) is 39.5 Å². The molecule has 2 nitrogen and oxygen atoms in total. The summed E-state index contributed by atoms with van der Waals surface area (Å²) in [5.74, 6) is 4.02. The molecule has 1 unspecified atom stereocenters. The van der Waals surface area contributed by atoms with Crippen LogP contribution in [-0.2, 0) is 0 Å². The highest BCUT2D eigenvalue weighted by Crippen LogP contribution is 2.13. The average molecular weight is 160 g/mol. The van der Waals surface area contributed by atoms with Gasteiger partial charge in [-0.05, 0) is 13.3 Å². The Kier molecular flexibility index (Phi) is 2.89. The topological polar surface area (TPSA) is 6.48 Å². The second-order valence-corrected chi connectivity index (χ2v) is 4.55. The van der Waals surface area contributed by atoms with E-state index in [1.54, 1.807) is 0 Å². The summed E-state index contributed by atoms with van der Waals surface area (Å²) in [6, 6.07) is 0. The maximum atomic E-state index is 4.02. The second-order valence-electron chi connectivity index (χ2n) is 2.83. The van der Waals surface area contributed by atoms with Crippen LogP contribution in [0.2, 0.25) is 0 Å². The molecular formula is C7H16N2S. The lowest BCUT2D eigenvalue weighted by molar-refractivity contribution is 0.233. The SMILES string of the molecule is C=S(C)N1CCN(C)CC1. The fourth-order valence-corrected chi connectivity index (χ4v) is 1.89. The Labute approximate surface area is 65.9 Å². The minimum Gasteiger partial charge on any atom is -0.304 e. The molecule has 0 amide bonds. The number of rotatable bonds is 1. The Bertz CT molecular complexity index is 128. The number of hydrogen-bond acceptors (Lipinski definition) is 2. The molecule has 1 aliphatic heterocycles. The largest absolute Gasteiger partial charge is 0.304 e. The van der Waals surface area contributed by atoms with E-state index >= 15 is 0 Å². The van der Waals surface area contributed by atoms with E-state index in [1.165, 1.54) is 26.2 Å². The van der Waals surface area contributed by atoms with Crippen LogP contribution in [0.25, 0.3) is 0 Å². The third-order valence-electron chi connectivity index (χ3n) is 1.90. The zero-order chi connectivity index (χ0) is 7.56. The van der Waals surface area contributed by atoms with Crippen LogP contribution in [0.1, 0.15) is 0 Å². The minimum atomic E-state index is 0.240. The van der Waals surface area contributed by atoms with Crippen LogP contribution in [0.4, 0.5) is 0 Å². The lowest BCUT2D eigenvalue weighted by Gasteiger charge is -2.32. The summed E-state index contributed by atoms with van der Waals surface area (Å²) in [5, 5.41) is 0. The molecule has 0 N–H and O–H groups in total. The molecule has 1 rings (SSSR count). The van der Waals surface area contributed by atoms with Gasteiger partial charge in [0.1, 0.15) is 0 Å². The van der Waals surface area contributed by atoms with Crippen LogP contribution >= 0.6 is 10.7 Å². The van der Waals surface area contributed by atoms with Crippen molar-refractivity contribution in [3.63, 3.8) is 0 Å². The molecule has 1 fully saturated rings. The van der Waals surface area contributed by atoms with Crippen molar-refractivity contribution in [1.29, 1.82) is 0 Å². The fraction of sp³-hybridized carbons (Fsp3) is 0.857. The summed E-state index contributed by atoms with van der Waals surface area (Å²) in [6.07, 6.45) is 2.19. The Morgan fingerprint density at radius 3 is 2.10 bits per heavy atom. The molecule has 0 radical (unpaired) electrons. The van der Waals surface area contributed by atoms with E-state index in [0.717, 1.165) is 0 Å². The van der Waals surface area contributed by atoms with Gasteiger partial charge in [0.2, 0.25) is 0 Å². The van der Waals surface area contributed by atoms with Crippen LogP contribution in [0.5, 0.6) is 0 Å². The average Bonchev–Trinajstić information content (AvgIpc) is 1.88. The lowest BCUT2D eigenvalue weighted by Crippen LogP contribution is -2.41. The molecule has 0 spiro atoms. The Balaban J connectivity index is 2.33.